The van der Waals surface area contributed by atoms with Crippen LogP contribution in [0.3, 0.4) is 0 Å². The molecular formula is C5H7FO2. The number of hydrogen-bond acceptors (Lipinski definition) is 2. The molecule has 0 N–H and O–H groups in total. The van der Waals surface area contributed by atoms with E-state index in [2.05, 4.69) is 4.74 Å². The number of rotatable bonds is 2. The molecule has 0 fully saturated rings. The summed E-state index contributed by atoms with van der Waals surface area (Å²) in [6.07, 6.45) is 0.766. The summed E-state index contributed by atoms with van der Waals surface area (Å²) in [4.78, 5) is 10.0. The maximum atomic E-state index is 11.9. The van der Waals surface area contributed by atoms with Crippen LogP contribution in [0, 0.1) is 0 Å². The van der Waals surface area contributed by atoms with Crippen LogP contribution < -0.4 is 0 Å². The molecule has 0 bridgehead atoms. The zero-order valence-corrected chi connectivity index (χ0v) is 4.77. The largest absolute Gasteiger partial charge is 0.501 e. The monoisotopic (exact) mass is 118 g/mol. The van der Waals surface area contributed by atoms with Gasteiger partial charge in [0, 0.05) is 6.92 Å². The summed E-state index contributed by atoms with van der Waals surface area (Å²) in [5.74, 6) is -1.47. The van der Waals surface area contributed by atoms with E-state index in [1.54, 1.807) is 0 Å². The quantitative estimate of drug-likeness (QED) is 0.400. The highest BCUT2D eigenvalue weighted by Crippen LogP contribution is 1.95. The van der Waals surface area contributed by atoms with E-state index in [4.69, 9.17) is 0 Å². The van der Waals surface area contributed by atoms with Crippen LogP contribution in [0.4, 0.5) is 4.39 Å². The maximum Gasteiger partial charge on any atom is 0.200 e. The smallest absolute Gasteiger partial charge is 0.200 e. The summed E-state index contributed by atoms with van der Waals surface area (Å²) < 4.78 is 16.1. The Morgan fingerprint density at radius 2 is 2.25 bits per heavy atom. The van der Waals surface area contributed by atoms with Gasteiger partial charge in [-0.3, -0.25) is 4.79 Å². The van der Waals surface area contributed by atoms with Crippen molar-refractivity contribution in [3.8, 4) is 0 Å². The second kappa shape index (κ2) is 3.18. The lowest BCUT2D eigenvalue weighted by Crippen LogP contribution is -1.89. The molecule has 0 aliphatic carbocycles. The van der Waals surface area contributed by atoms with Crippen LogP contribution in [0.5, 0.6) is 0 Å². The molecule has 0 aliphatic rings. The molecule has 0 saturated heterocycles. The number of carbonyl (C=O) groups is 1. The molecule has 0 heterocycles. The van der Waals surface area contributed by atoms with Gasteiger partial charge in [0.1, 0.15) is 6.26 Å². The highest BCUT2D eigenvalue weighted by Gasteiger charge is 1.98. The number of allylic oxidation sites excluding steroid dienone is 1. The summed E-state index contributed by atoms with van der Waals surface area (Å²) in [6, 6.07) is 0. The fourth-order valence-corrected chi connectivity index (χ4v) is 0.186. The van der Waals surface area contributed by atoms with E-state index in [1.165, 1.54) is 7.11 Å². The Morgan fingerprint density at radius 3 is 2.38 bits per heavy atom. The number of halogens is 1. The van der Waals surface area contributed by atoms with Crippen molar-refractivity contribution in [1.29, 1.82) is 0 Å². The summed E-state index contributed by atoms with van der Waals surface area (Å²) in [5, 5.41) is 0. The summed E-state index contributed by atoms with van der Waals surface area (Å²) in [6.45, 7) is 1.13. The first-order chi connectivity index (χ1) is 3.68. The van der Waals surface area contributed by atoms with Crippen molar-refractivity contribution in [1.82, 2.24) is 0 Å². The Morgan fingerprint density at radius 1 is 1.75 bits per heavy atom. The average molecular weight is 118 g/mol. The zero-order chi connectivity index (χ0) is 6.57. The van der Waals surface area contributed by atoms with Crippen LogP contribution in [0.25, 0.3) is 0 Å². The van der Waals surface area contributed by atoms with Gasteiger partial charge < -0.3 is 4.74 Å². The van der Waals surface area contributed by atoms with Gasteiger partial charge in [-0.2, -0.15) is 4.39 Å². The fourth-order valence-electron chi connectivity index (χ4n) is 0.186. The lowest BCUT2D eigenvalue weighted by molar-refractivity contribution is -0.115. The van der Waals surface area contributed by atoms with Gasteiger partial charge in [0.25, 0.3) is 0 Å². The number of ketones is 1. The molecule has 3 heteroatoms. The number of Topliss-reactive ketones (excluding diaryl/α,β-unsaturated/α-hetero) is 1. The number of hydrogen-bond donors (Lipinski definition) is 0. The van der Waals surface area contributed by atoms with Crippen LogP contribution in [0.1, 0.15) is 6.92 Å². The van der Waals surface area contributed by atoms with E-state index in [-0.39, 0.29) is 0 Å². The molecule has 0 rings (SSSR count). The summed E-state index contributed by atoms with van der Waals surface area (Å²) in [5.41, 5.74) is 0. The Labute approximate surface area is 47.0 Å². The molecule has 0 saturated carbocycles. The number of methoxy groups -OCH3 is 1. The predicted octanol–water partition coefficient (Wildman–Crippen LogP) is 1.03. The summed E-state index contributed by atoms with van der Waals surface area (Å²) in [7, 11) is 1.28. The second-order valence-corrected chi connectivity index (χ2v) is 1.26. The van der Waals surface area contributed by atoms with Crippen molar-refractivity contribution in [2.24, 2.45) is 0 Å². The number of ether oxygens (including phenoxy) is 1. The van der Waals surface area contributed by atoms with Crippen molar-refractivity contribution in [2.45, 2.75) is 6.92 Å². The van der Waals surface area contributed by atoms with Crippen molar-refractivity contribution >= 4 is 5.78 Å². The molecule has 8 heavy (non-hydrogen) atoms. The normalized spacial score (nSPS) is 11.1. The van der Waals surface area contributed by atoms with Crippen LogP contribution in [-0.4, -0.2) is 12.9 Å². The minimum absolute atomic E-state index is 0.619. The topological polar surface area (TPSA) is 26.3 Å². The SMILES string of the molecule is CO/C=C(\F)C(C)=O. The van der Waals surface area contributed by atoms with Crippen molar-refractivity contribution in [2.75, 3.05) is 7.11 Å². The van der Waals surface area contributed by atoms with E-state index in [9.17, 15) is 9.18 Å². The van der Waals surface area contributed by atoms with Gasteiger partial charge in [0.05, 0.1) is 7.11 Å². The Balaban J connectivity index is 3.80. The third kappa shape index (κ3) is 2.34. The zero-order valence-electron chi connectivity index (χ0n) is 4.77. The van der Waals surface area contributed by atoms with E-state index in [0.29, 0.717) is 0 Å². The highest BCUT2D eigenvalue weighted by molar-refractivity contribution is 5.90. The molecule has 2 nitrogen and oxygen atoms in total. The minimum atomic E-state index is -0.854. The number of carbonyl (C=O) groups excluding carboxylic acids is 1. The molecule has 0 atom stereocenters. The standard InChI is InChI=1S/C5H7FO2/c1-4(7)5(6)3-8-2/h3H,1-2H3/b5-3-. The molecular weight excluding hydrogens is 111 g/mol. The molecule has 0 radical (unpaired) electrons. The minimum Gasteiger partial charge on any atom is -0.501 e. The van der Waals surface area contributed by atoms with Crippen LogP contribution in [-0.2, 0) is 9.53 Å². The van der Waals surface area contributed by atoms with Gasteiger partial charge in [0.2, 0.25) is 0 Å². The van der Waals surface area contributed by atoms with Crippen molar-refractivity contribution < 1.29 is 13.9 Å². The first kappa shape index (κ1) is 7.14. The van der Waals surface area contributed by atoms with Crippen LogP contribution in [0.15, 0.2) is 12.1 Å². The molecule has 0 spiro atoms. The second-order valence-electron chi connectivity index (χ2n) is 1.26. The lowest BCUT2D eigenvalue weighted by Gasteiger charge is -1.86. The van der Waals surface area contributed by atoms with Gasteiger partial charge in [-0.1, -0.05) is 0 Å². The van der Waals surface area contributed by atoms with E-state index < -0.39 is 11.6 Å². The van der Waals surface area contributed by atoms with E-state index in [1.807, 2.05) is 0 Å². The Kier molecular flexibility index (Phi) is 2.84. The molecule has 46 valence electrons. The van der Waals surface area contributed by atoms with Crippen LogP contribution >= 0.6 is 0 Å². The Hall–Kier alpha value is -0.860. The molecule has 0 unspecified atom stereocenters. The van der Waals surface area contributed by atoms with Gasteiger partial charge in [-0.05, 0) is 0 Å². The van der Waals surface area contributed by atoms with Gasteiger partial charge >= 0.3 is 0 Å². The Bertz CT molecular complexity index is 118. The first-order valence-electron chi connectivity index (χ1n) is 2.08. The van der Waals surface area contributed by atoms with Gasteiger partial charge in [0.15, 0.2) is 11.6 Å². The third-order valence-corrected chi connectivity index (χ3v) is 0.558. The lowest BCUT2D eigenvalue weighted by atomic mass is 10.4. The molecule has 0 aliphatic heterocycles. The van der Waals surface area contributed by atoms with Gasteiger partial charge in [-0.15, -0.1) is 0 Å². The average Bonchev–Trinajstić information content (AvgIpc) is 1.67. The molecule has 0 amide bonds. The van der Waals surface area contributed by atoms with Crippen molar-refractivity contribution in [3.63, 3.8) is 0 Å². The van der Waals surface area contributed by atoms with Crippen LogP contribution in [0.2, 0.25) is 0 Å². The van der Waals surface area contributed by atoms with E-state index >= 15 is 0 Å². The predicted molar refractivity (Wildman–Crippen MR) is 26.9 cm³/mol. The third-order valence-electron chi connectivity index (χ3n) is 0.558. The molecule has 0 aromatic carbocycles. The van der Waals surface area contributed by atoms with Gasteiger partial charge in [-0.25, -0.2) is 0 Å². The molecule has 0 aromatic heterocycles. The van der Waals surface area contributed by atoms with Crippen molar-refractivity contribution in [3.05, 3.63) is 12.1 Å². The highest BCUT2D eigenvalue weighted by atomic mass is 19.1. The maximum absolute atomic E-state index is 11.9. The molecule has 0 aromatic rings. The summed E-state index contributed by atoms with van der Waals surface area (Å²) >= 11 is 0. The first-order valence-corrected chi connectivity index (χ1v) is 2.08. The van der Waals surface area contributed by atoms with E-state index in [0.717, 1.165) is 13.2 Å². The fraction of sp³-hybridized carbons (Fsp3) is 0.400.